The number of benzene rings is 1. The van der Waals surface area contributed by atoms with Crippen LogP contribution in [0.2, 0.25) is 0 Å². The zero-order valence-corrected chi connectivity index (χ0v) is 11.9. The predicted molar refractivity (Wildman–Crippen MR) is 77.4 cm³/mol. The van der Waals surface area contributed by atoms with Crippen molar-refractivity contribution in [2.75, 3.05) is 0 Å². The Kier molecular flexibility index (Phi) is 2.58. The highest BCUT2D eigenvalue weighted by molar-refractivity contribution is 6.10. The fraction of sp³-hybridized carbons (Fsp3) is 0.353. The molecule has 1 aromatic carbocycles. The van der Waals surface area contributed by atoms with Gasteiger partial charge in [0.1, 0.15) is 11.5 Å². The normalized spacial score (nSPS) is 19.4. The predicted octanol–water partition coefficient (Wildman–Crippen LogP) is 3.17. The first-order chi connectivity index (χ1) is 9.33. The Hall–Kier alpha value is -2.03. The maximum Gasteiger partial charge on any atom is 0.189 e. The Morgan fingerprint density at radius 3 is 2.55 bits per heavy atom. The second kappa shape index (κ2) is 3.98. The van der Waals surface area contributed by atoms with Crippen LogP contribution in [0.5, 0.6) is 11.5 Å². The van der Waals surface area contributed by atoms with Crippen LogP contribution in [-0.4, -0.2) is 16.0 Å². The van der Waals surface area contributed by atoms with E-state index in [-0.39, 0.29) is 22.8 Å². The van der Waals surface area contributed by atoms with E-state index in [1.165, 1.54) is 11.6 Å². The summed E-state index contributed by atoms with van der Waals surface area (Å²) in [4.78, 5) is 12.1. The minimum absolute atomic E-state index is 0.0407. The average Bonchev–Trinajstić information content (AvgIpc) is 2.38. The van der Waals surface area contributed by atoms with Crippen molar-refractivity contribution >= 4 is 5.78 Å². The molecule has 0 aromatic heterocycles. The molecule has 1 aromatic rings. The van der Waals surface area contributed by atoms with Crippen LogP contribution in [0.1, 0.15) is 47.8 Å². The average molecular weight is 270 g/mol. The molecule has 2 N–H and O–H groups in total. The summed E-state index contributed by atoms with van der Waals surface area (Å²) in [6, 6.07) is 0. The third kappa shape index (κ3) is 1.62. The zero-order chi connectivity index (χ0) is 14.7. The molecular weight excluding hydrogens is 252 g/mol. The summed E-state index contributed by atoms with van der Waals surface area (Å²) < 4.78 is 0. The lowest BCUT2D eigenvalue weighted by molar-refractivity contribution is 0.103. The van der Waals surface area contributed by atoms with Gasteiger partial charge in [0, 0.05) is 22.1 Å². The molecule has 0 radical (unpaired) electrons. The van der Waals surface area contributed by atoms with Gasteiger partial charge in [-0.3, -0.25) is 4.79 Å². The maximum atomic E-state index is 12.1. The van der Waals surface area contributed by atoms with Gasteiger partial charge in [0.05, 0.1) is 5.56 Å². The third-order valence-electron chi connectivity index (χ3n) is 4.31. The number of hydrogen-bond acceptors (Lipinski definition) is 3. The molecule has 0 bridgehead atoms. The van der Waals surface area contributed by atoms with Crippen LogP contribution in [0.4, 0.5) is 0 Å². The molecule has 0 atom stereocenters. The molecule has 0 heterocycles. The Morgan fingerprint density at radius 2 is 1.85 bits per heavy atom. The smallest absolute Gasteiger partial charge is 0.189 e. The van der Waals surface area contributed by atoms with E-state index in [9.17, 15) is 15.0 Å². The van der Waals surface area contributed by atoms with Crippen LogP contribution in [0, 0.1) is 0 Å². The Bertz CT molecular complexity index is 691. The summed E-state index contributed by atoms with van der Waals surface area (Å²) in [6.45, 7) is 5.88. The number of aromatic hydroxyl groups is 2. The Balaban J connectivity index is 2.38. The van der Waals surface area contributed by atoms with Crippen molar-refractivity contribution in [1.82, 2.24) is 0 Å². The summed E-state index contributed by atoms with van der Waals surface area (Å²) in [6.07, 6.45) is 6.48. The lowest BCUT2D eigenvalue weighted by Gasteiger charge is -2.31. The molecule has 3 rings (SSSR count). The van der Waals surface area contributed by atoms with Crippen molar-refractivity contribution in [2.24, 2.45) is 0 Å². The molecule has 0 saturated heterocycles. The van der Waals surface area contributed by atoms with Gasteiger partial charge >= 0.3 is 0 Å². The largest absolute Gasteiger partial charge is 0.507 e. The molecule has 0 aliphatic heterocycles. The first-order valence-electron chi connectivity index (χ1n) is 6.82. The molecule has 0 unspecified atom stereocenters. The van der Waals surface area contributed by atoms with Crippen LogP contribution >= 0.6 is 0 Å². The first-order valence-corrected chi connectivity index (χ1v) is 6.82. The van der Waals surface area contributed by atoms with Crippen molar-refractivity contribution in [1.29, 1.82) is 0 Å². The van der Waals surface area contributed by atoms with E-state index >= 15 is 0 Å². The van der Waals surface area contributed by atoms with Gasteiger partial charge in [0.15, 0.2) is 5.78 Å². The van der Waals surface area contributed by atoms with Crippen LogP contribution in [-0.2, 0) is 18.3 Å². The lowest BCUT2D eigenvalue weighted by Crippen LogP contribution is -2.24. The van der Waals surface area contributed by atoms with E-state index in [0.29, 0.717) is 24.0 Å². The number of phenols is 2. The summed E-state index contributed by atoms with van der Waals surface area (Å²) in [5.41, 5.74) is 2.97. The second-order valence-corrected chi connectivity index (χ2v) is 6.25. The van der Waals surface area contributed by atoms with Crippen molar-refractivity contribution in [3.05, 3.63) is 46.1 Å². The molecule has 0 spiro atoms. The molecule has 2 aliphatic rings. The van der Waals surface area contributed by atoms with Gasteiger partial charge in [0.2, 0.25) is 0 Å². The van der Waals surface area contributed by atoms with Crippen LogP contribution in [0.25, 0.3) is 0 Å². The molecule has 0 fully saturated rings. The number of phenolic OH excluding ortho intramolecular Hbond substituents is 2. The number of carbonyl (C=O) groups excluding carboxylic acids is 1. The highest BCUT2D eigenvalue weighted by atomic mass is 16.3. The quantitative estimate of drug-likeness (QED) is 0.562. The van der Waals surface area contributed by atoms with Crippen molar-refractivity contribution in [3.8, 4) is 11.5 Å². The van der Waals surface area contributed by atoms with Gasteiger partial charge in [-0.1, -0.05) is 31.6 Å². The standard InChI is InChI=1S/C17H18O3/c1-9-4-5-10-11(8-9)16(20)14-13(15(10)19)12(18)6-7-17(14,2)3/h4,6-7,19-20H,5,8H2,1-3H3. The van der Waals surface area contributed by atoms with E-state index in [1.54, 1.807) is 6.08 Å². The van der Waals surface area contributed by atoms with E-state index in [4.69, 9.17) is 0 Å². The van der Waals surface area contributed by atoms with Gasteiger partial charge in [0.25, 0.3) is 0 Å². The van der Waals surface area contributed by atoms with Crippen LogP contribution in [0.15, 0.2) is 23.8 Å². The zero-order valence-electron chi connectivity index (χ0n) is 11.9. The van der Waals surface area contributed by atoms with Gasteiger partial charge in [-0.2, -0.15) is 0 Å². The summed E-state index contributed by atoms with van der Waals surface area (Å²) in [5.74, 6) is -0.0249. The summed E-state index contributed by atoms with van der Waals surface area (Å²) in [7, 11) is 0. The molecule has 104 valence electrons. The van der Waals surface area contributed by atoms with Crippen molar-refractivity contribution < 1.29 is 15.0 Å². The number of rotatable bonds is 0. The number of allylic oxidation sites excluding steroid dienone is 4. The van der Waals surface area contributed by atoms with E-state index in [2.05, 4.69) is 0 Å². The number of fused-ring (bicyclic) bond motifs is 2. The third-order valence-corrected chi connectivity index (χ3v) is 4.31. The molecular formula is C17H18O3. The number of hydrogen-bond donors (Lipinski definition) is 2. The van der Waals surface area contributed by atoms with E-state index in [1.807, 2.05) is 26.8 Å². The molecule has 3 nitrogen and oxygen atoms in total. The fourth-order valence-electron chi connectivity index (χ4n) is 3.18. The minimum Gasteiger partial charge on any atom is -0.507 e. The van der Waals surface area contributed by atoms with Gasteiger partial charge < -0.3 is 10.2 Å². The van der Waals surface area contributed by atoms with Gasteiger partial charge in [-0.15, -0.1) is 0 Å². The topological polar surface area (TPSA) is 57.5 Å². The van der Waals surface area contributed by atoms with Gasteiger partial charge in [-0.25, -0.2) is 0 Å². The van der Waals surface area contributed by atoms with E-state index < -0.39 is 5.41 Å². The molecule has 2 aliphatic carbocycles. The second-order valence-electron chi connectivity index (χ2n) is 6.25. The number of carbonyl (C=O) groups is 1. The molecule has 20 heavy (non-hydrogen) atoms. The van der Waals surface area contributed by atoms with Crippen molar-refractivity contribution in [2.45, 2.75) is 39.0 Å². The summed E-state index contributed by atoms with van der Waals surface area (Å²) >= 11 is 0. The maximum absolute atomic E-state index is 12.1. The SMILES string of the molecule is CC1=CCc2c(O)c3c(c(O)c2C1)C(C)(C)C=CC3=O. The molecule has 0 amide bonds. The first kappa shape index (κ1) is 13.0. The van der Waals surface area contributed by atoms with Gasteiger partial charge in [-0.05, 0) is 25.8 Å². The minimum atomic E-state index is -0.463. The lowest BCUT2D eigenvalue weighted by atomic mass is 9.72. The monoisotopic (exact) mass is 270 g/mol. The van der Waals surface area contributed by atoms with Crippen LogP contribution < -0.4 is 0 Å². The highest BCUT2D eigenvalue weighted by Gasteiger charge is 2.36. The Labute approximate surface area is 118 Å². The fourth-order valence-corrected chi connectivity index (χ4v) is 3.18. The van der Waals surface area contributed by atoms with Crippen molar-refractivity contribution in [3.63, 3.8) is 0 Å². The molecule has 0 saturated carbocycles. The number of ketones is 1. The Morgan fingerprint density at radius 1 is 1.15 bits per heavy atom. The summed E-state index contributed by atoms with van der Waals surface area (Å²) in [5, 5.41) is 21.2. The van der Waals surface area contributed by atoms with E-state index in [0.717, 1.165) is 5.56 Å². The molecule has 3 heteroatoms. The van der Waals surface area contributed by atoms with Crippen LogP contribution in [0.3, 0.4) is 0 Å². The highest BCUT2D eigenvalue weighted by Crippen LogP contribution is 2.48.